The van der Waals surface area contributed by atoms with Crippen LogP contribution >= 0.6 is 0 Å². The molecule has 0 aromatic carbocycles. The second-order valence-corrected chi connectivity index (χ2v) is 3.60. The number of ether oxygens (including phenoxy) is 1. The lowest BCUT2D eigenvalue weighted by Crippen LogP contribution is -2.38. The molecule has 0 N–H and O–H groups in total. The first kappa shape index (κ1) is 15.7. The number of hydrogen-bond acceptors (Lipinski definition) is 5. The van der Waals surface area contributed by atoms with Crippen molar-refractivity contribution >= 4 is 5.97 Å². The molecule has 0 aliphatic heterocycles. The third-order valence-corrected chi connectivity index (χ3v) is 2.40. The second-order valence-electron chi connectivity index (χ2n) is 3.60. The molecule has 2 rings (SSSR count). The Morgan fingerprint density at radius 1 is 1.30 bits per heavy atom. The van der Waals surface area contributed by atoms with Crippen LogP contribution in [0.1, 0.15) is 20.3 Å². The van der Waals surface area contributed by atoms with Crippen LogP contribution < -0.4 is 4.68 Å². The monoisotopic (exact) mass is 275 g/mol. The summed E-state index contributed by atoms with van der Waals surface area (Å²) >= 11 is 0. The van der Waals surface area contributed by atoms with Crippen molar-refractivity contribution in [2.24, 2.45) is 0 Å². The average Bonchev–Trinajstić information content (AvgIpc) is 2.56. The lowest BCUT2D eigenvalue weighted by molar-refractivity contribution is -0.752. The molecule has 2 aromatic heterocycles. The molecule has 0 bridgehead atoms. The van der Waals surface area contributed by atoms with Crippen molar-refractivity contribution in [1.29, 1.82) is 0 Å². The van der Waals surface area contributed by atoms with Gasteiger partial charge >= 0.3 is 5.97 Å². The molecular weight excluding hydrogens is 256 g/mol. The van der Waals surface area contributed by atoms with E-state index in [0.717, 1.165) is 11.3 Å². The van der Waals surface area contributed by atoms with Gasteiger partial charge in [0.2, 0.25) is 0 Å². The van der Waals surface area contributed by atoms with Crippen LogP contribution in [0.15, 0.2) is 37.1 Å². The fourth-order valence-electron chi connectivity index (χ4n) is 1.42. The molecule has 20 heavy (non-hydrogen) atoms. The highest BCUT2D eigenvalue weighted by Crippen LogP contribution is 2.11. The highest BCUT2D eigenvalue weighted by atomic mass is 16.5. The molecule has 2 heterocycles. The van der Waals surface area contributed by atoms with Gasteiger partial charge in [0.05, 0.1) is 19.0 Å². The number of carbonyl (C=O) groups is 1. The van der Waals surface area contributed by atoms with Crippen LogP contribution in [0.25, 0.3) is 11.3 Å². The summed E-state index contributed by atoms with van der Waals surface area (Å²) < 4.78 is 6.24. The zero-order valence-corrected chi connectivity index (χ0v) is 12.0. The van der Waals surface area contributed by atoms with Gasteiger partial charge in [-0.2, -0.15) is 0 Å². The Labute approximate surface area is 118 Å². The Morgan fingerprint density at radius 2 is 2.10 bits per heavy atom. The number of rotatable bonds is 4. The Kier molecular flexibility index (Phi) is 6.81. The number of hydrogen-bond donors (Lipinski definition) is 0. The third-order valence-electron chi connectivity index (χ3n) is 2.40. The summed E-state index contributed by atoms with van der Waals surface area (Å²) in [5.74, 6) is -0.248. The lowest BCUT2D eigenvalue weighted by atomic mass is 10.2. The Morgan fingerprint density at radius 3 is 2.65 bits per heavy atom. The number of methoxy groups -OCH3 is 1. The van der Waals surface area contributed by atoms with E-state index in [4.69, 9.17) is 0 Å². The Balaban J connectivity index is 0.000000956. The molecule has 0 atom stereocenters. The normalized spacial score (nSPS) is 9.35. The van der Waals surface area contributed by atoms with E-state index >= 15 is 0 Å². The average molecular weight is 275 g/mol. The van der Waals surface area contributed by atoms with Crippen molar-refractivity contribution in [3.8, 4) is 11.3 Å². The summed E-state index contributed by atoms with van der Waals surface area (Å²) in [6.07, 6.45) is 8.73. The van der Waals surface area contributed by atoms with Gasteiger partial charge in [0.25, 0.3) is 0 Å². The van der Waals surface area contributed by atoms with Crippen LogP contribution in [0, 0.1) is 0 Å². The van der Waals surface area contributed by atoms with Gasteiger partial charge in [-0.15, -0.1) is 0 Å². The van der Waals surface area contributed by atoms with Gasteiger partial charge in [0.15, 0.2) is 12.7 Å². The van der Waals surface area contributed by atoms with E-state index in [9.17, 15) is 4.79 Å². The minimum Gasteiger partial charge on any atom is -0.469 e. The molecule has 0 fully saturated rings. The number of aryl methyl sites for hydroxylation is 1. The first-order valence-electron chi connectivity index (χ1n) is 6.48. The maximum absolute atomic E-state index is 11.0. The molecule has 0 aliphatic carbocycles. The molecule has 0 saturated carbocycles. The van der Waals surface area contributed by atoms with Crippen LogP contribution in [0.2, 0.25) is 0 Å². The standard InChI is InChI=1S/C12H13N4O2.C2H6/c1-18-12(17)3-7-16-6-2-10(8-15-16)11-9-13-4-5-14-11;1-2/h2,4-6,8-9H,3,7H2,1H3;1-2H3/q+1;. The second kappa shape index (κ2) is 8.68. The minimum atomic E-state index is -0.248. The molecule has 2 aromatic rings. The summed E-state index contributed by atoms with van der Waals surface area (Å²) in [6, 6.07) is 1.88. The van der Waals surface area contributed by atoms with Crippen LogP contribution in [0.3, 0.4) is 0 Å². The van der Waals surface area contributed by atoms with Crippen molar-refractivity contribution in [1.82, 2.24) is 15.1 Å². The molecule has 106 valence electrons. The summed E-state index contributed by atoms with van der Waals surface area (Å²) in [6.45, 7) is 4.49. The van der Waals surface area contributed by atoms with Gasteiger partial charge in [-0.05, 0) is 5.10 Å². The van der Waals surface area contributed by atoms with E-state index < -0.39 is 0 Å². The van der Waals surface area contributed by atoms with Crippen LogP contribution in [-0.4, -0.2) is 28.1 Å². The minimum absolute atomic E-state index is 0.248. The van der Waals surface area contributed by atoms with E-state index in [0.29, 0.717) is 13.0 Å². The van der Waals surface area contributed by atoms with E-state index in [1.54, 1.807) is 35.7 Å². The van der Waals surface area contributed by atoms with E-state index in [1.165, 1.54) is 7.11 Å². The van der Waals surface area contributed by atoms with Gasteiger partial charge in [-0.25, -0.2) is 0 Å². The van der Waals surface area contributed by atoms with Crippen molar-refractivity contribution in [2.75, 3.05) is 7.11 Å². The smallest absolute Gasteiger partial charge is 0.312 e. The Hall–Kier alpha value is -2.37. The molecule has 0 spiro atoms. The quantitative estimate of drug-likeness (QED) is 0.623. The number of carbonyl (C=O) groups excluding carboxylic acids is 1. The predicted molar refractivity (Wildman–Crippen MR) is 73.4 cm³/mol. The number of esters is 1. The van der Waals surface area contributed by atoms with Crippen LogP contribution in [0.4, 0.5) is 0 Å². The molecule has 0 amide bonds. The largest absolute Gasteiger partial charge is 0.469 e. The zero-order valence-electron chi connectivity index (χ0n) is 12.0. The summed E-state index contributed by atoms with van der Waals surface area (Å²) in [4.78, 5) is 19.2. The molecule has 0 unspecified atom stereocenters. The fourth-order valence-corrected chi connectivity index (χ4v) is 1.42. The highest BCUT2D eigenvalue weighted by Gasteiger charge is 2.08. The Bertz CT molecular complexity index is 514. The summed E-state index contributed by atoms with van der Waals surface area (Å²) in [5, 5.41) is 4.20. The lowest BCUT2D eigenvalue weighted by Gasteiger charge is -1.98. The maximum atomic E-state index is 11.0. The molecule has 0 radical (unpaired) electrons. The number of nitrogens with zero attached hydrogens (tertiary/aromatic N) is 4. The van der Waals surface area contributed by atoms with Crippen LogP contribution in [-0.2, 0) is 16.1 Å². The third kappa shape index (κ3) is 4.72. The molecule has 6 heteroatoms. The van der Waals surface area contributed by atoms with E-state index in [2.05, 4.69) is 19.8 Å². The van der Waals surface area contributed by atoms with Crippen LogP contribution in [0.5, 0.6) is 0 Å². The topological polar surface area (TPSA) is 68.8 Å². The van der Waals surface area contributed by atoms with Crippen molar-refractivity contribution < 1.29 is 14.2 Å². The van der Waals surface area contributed by atoms with Gasteiger partial charge in [-0.1, -0.05) is 18.5 Å². The van der Waals surface area contributed by atoms with E-state index in [1.807, 2.05) is 19.9 Å². The first-order valence-corrected chi connectivity index (χ1v) is 6.48. The molecular formula is C14H19N4O2+. The molecule has 0 aliphatic rings. The number of aromatic nitrogens is 4. The van der Waals surface area contributed by atoms with Gasteiger partial charge in [-0.3, -0.25) is 14.8 Å². The summed E-state index contributed by atoms with van der Waals surface area (Å²) in [5.41, 5.74) is 1.66. The highest BCUT2D eigenvalue weighted by molar-refractivity contribution is 5.68. The van der Waals surface area contributed by atoms with Gasteiger partial charge in [0.1, 0.15) is 12.6 Å². The summed E-state index contributed by atoms with van der Waals surface area (Å²) in [7, 11) is 1.37. The van der Waals surface area contributed by atoms with Crippen molar-refractivity contribution in [2.45, 2.75) is 26.8 Å². The first-order chi connectivity index (χ1) is 9.79. The van der Waals surface area contributed by atoms with Crippen molar-refractivity contribution in [3.05, 3.63) is 37.1 Å². The zero-order chi connectivity index (χ0) is 14.8. The molecule has 6 nitrogen and oxygen atoms in total. The van der Waals surface area contributed by atoms with Gasteiger partial charge in [0, 0.05) is 24.0 Å². The molecule has 0 saturated heterocycles. The SMILES string of the molecule is CC.COC(=O)CC[n+]1ccc(-c2cnccn2)cn1. The van der Waals surface area contributed by atoms with E-state index in [-0.39, 0.29) is 5.97 Å². The fraction of sp³-hybridized carbons (Fsp3) is 0.357. The van der Waals surface area contributed by atoms with Crippen molar-refractivity contribution in [3.63, 3.8) is 0 Å². The predicted octanol–water partition coefficient (Wildman–Crippen LogP) is 1.42. The van der Waals surface area contributed by atoms with Gasteiger partial charge < -0.3 is 4.74 Å². The maximum Gasteiger partial charge on any atom is 0.312 e.